The number of piperidine rings is 1. The molecule has 1 fully saturated rings. The maximum atomic E-state index is 13.7. The molecule has 1 atom stereocenters. The summed E-state index contributed by atoms with van der Waals surface area (Å²) in [6, 6.07) is 6.72. The van der Waals surface area contributed by atoms with Gasteiger partial charge in [-0.05, 0) is 45.0 Å². The summed E-state index contributed by atoms with van der Waals surface area (Å²) in [4.78, 5) is 18.5. The van der Waals surface area contributed by atoms with Gasteiger partial charge in [-0.25, -0.2) is 4.39 Å². The van der Waals surface area contributed by atoms with Crippen LogP contribution in [-0.2, 0) is 11.3 Å². The Balaban J connectivity index is 1.47. The molecule has 1 N–H and O–H groups in total. The van der Waals surface area contributed by atoms with Gasteiger partial charge in [0.2, 0.25) is 17.6 Å². The molecule has 0 saturated carbocycles. The largest absolute Gasteiger partial charge is 0.347 e. The summed E-state index contributed by atoms with van der Waals surface area (Å²) in [5.74, 6) is 0.00710. The highest BCUT2D eigenvalue weighted by Crippen LogP contribution is 2.20. The van der Waals surface area contributed by atoms with Crippen LogP contribution in [0, 0.1) is 5.82 Å². The molecule has 3 rings (SSSR count). The van der Waals surface area contributed by atoms with Gasteiger partial charge in [0.05, 0.1) is 12.1 Å². The zero-order chi connectivity index (χ0) is 17.6. The number of carbonyl (C=O) groups excluding carboxylic acids is 1. The molecule has 1 aliphatic heterocycles. The average molecular weight is 346 g/mol. The van der Waals surface area contributed by atoms with Crippen LogP contribution in [-0.4, -0.2) is 40.6 Å². The van der Waals surface area contributed by atoms with Gasteiger partial charge in [-0.3, -0.25) is 4.79 Å². The zero-order valence-electron chi connectivity index (χ0n) is 14.4. The highest BCUT2D eigenvalue weighted by molar-refractivity contribution is 5.75. The van der Waals surface area contributed by atoms with Gasteiger partial charge < -0.3 is 14.7 Å². The fraction of sp³-hybridized carbons (Fsp3) is 0.500. The van der Waals surface area contributed by atoms with Crippen molar-refractivity contribution in [1.29, 1.82) is 0 Å². The molecule has 0 aliphatic carbocycles. The number of nitrogens with one attached hydrogen (secondary N) is 1. The van der Waals surface area contributed by atoms with Crippen molar-refractivity contribution >= 4 is 5.91 Å². The fourth-order valence-corrected chi connectivity index (χ4v) is 3.15. The van der Waals surface area contributed by atoms with Crippen LogP contribution in [0.3, 0.4) is 0 Å². The van der Waals surface area contributed by atoms with Gasteiger partial charge in [-0.15, -0.1) is 0 Å². The third kappa shape index (κ3) is 4.63. The molecule has 1 aromatic carbocycles. The van der Waals surface area contributed by atoms with E-state index in [-0.39, 0.29) is 29.7 Å². The Bertz CT molecular complexity index is 719. The van der Waals surface area contributed by atoms with Crippen molar-refractivity contribution in [3.8, 4) is 11.4 Å². The first-order chi connectivity index (χ1) is 12.1. The lowest BCUT2D eigenvalue weighted by atomic mass is 9.98. The third-order valence-electron chi connectivity index (χ3n) is 4.65. The van der Waals surface area contributed by atoms with Crippen molar-refractivity contribution < 1.29 is 13.7 Å². The van der Waals surface area contributed by atoms with Crippen LogP contribution in [0.15, 0.2) is 28.8 Å². The Morgan fingerprint density at radius 2 is 2.24 bits per heavy atom. The van der Waals surface area contributed by atoms with Crippen molar-refractivity contribution in [2.24, 2.45) is 0 Å². The van der Waals surface area contributed by atoms with Crippen molar-refractivity contribution in [2.45, 2.75) is 44.7 Å². The van der Waals surface area contributed by atoms with E-state index in [1.54, 1.807) is 18.2 Å². The molecule has 1 aromatic heterocycles. The first kappa shape index (κ1) is 17.5. The summed E-state index contributed by atoms with van der Waals surface area (Å²) in [5, 5.41) is 6.56. The second-order valence-electron chi connectivity index (χ2n) is 6.44. The van der Waals surface area contributed by atoms with Crippen LogP contribution < -0.4 is 5.32 Å². The molecule has 1 aliphatic rings. The summed E-state index contributed by atoms with van der Waals surface area (Å²) in [6.07, 6.45) is 4.95. The molecule has 1 amide bonds. The molecule has 134 valence electrons. The molecular weight excluding hydrogens is 323 g/mol. The molecule has 2 heterocycles. The topological polar surface area (TPSA) is 71.3 Å². The maximum Gasteiger partial charge on any atom is 0.246 e. The summed E-state index contributed by atoms with van der Waals surface area (Å²) < 4.78 is 18.8. The van der Waals surface area contributed by atoms with E-state index in [2.05, 4.69) is 27.4 Å². The number of hydrogen-bond acceptors (Lipinski definition) is 5. The van der Waals surface area contributed by atoms with E-state index in [0.29, 0.717) is 12.5 Å². The van der Waals surface area contributed by atoms with Crippen molar-refractivity contribution in [2.75, 3.05) is 13.6 Å². The molecule has 2 aromatic rings. The first-order valence-corrected chi connectivity index (χ1v) is 8.68. The van der Waals surface area contributed by atoms with Gasteiger partial charge in [0.15, 0.2) is 0 Å². The minimum absolute atomic E-state index is 0.0374. The van der Waals surface area contributed by atoms with E-state index >= 15 is 0 Å². The van der Waals surface area contributed by atoms with Gasteiger partial charge in [0, 0.05) is 12.5 Å². The number of hydrogen-bond donors (Lipinski definition) is 1. The highest BCUT2D eigenvalue weighted by atomic mass is 19.1. The minimum atomic E-state index is -0.407. The Hall–Kier alpha value is -2.28. The Morgan fingerprint density at radius 3 is 3.04 bits per heavy atom. The second kappa shape index (κ2) is 8.20. The number of aromatic nitrogens is 2. The van der Waals surface area contributed by atoms with E-state index in [0.717, 1.165) is 19.4 Å². The lowest BCUT2D eigenvalue weighted by Gasteiger charge is -2.32. The quantitative estimate of drug-likeness (QED) is 0.871. The average Bonchev–Trinajstić information content (AvgIpc) is 3.08. The van der Waals surface area contributed by atoms with E-state index in [4.69, 9.17) is 4.52 Å². The van der Waals surface area contributed by atoms with E-state index in [1.165, 1.54) is 18.9 Å². The molecule has 0 spiro atoms. The number of halogens is 1. The number of nitrogens with zero attached hydrogens (tertiary/aromatic N) is 3. The summed E-state index contributed by atoms with van der Waals surface area (Å²) in [7, 11) is 2.12. The number of benzene rings is 1. The smallest absolute Gasteiger partial charge is 0.246 e. The molecule has 6 nitrogen and oxygen atoms in total. The van der Waals surface area contributed by atoms with Gasteiger partial charge in [-0.2, -0.15) is 4.98 Å². The molecule has 0 radical (unpaired) electrons. The molecule has 7 heteroatoms. The number of likely N-dealkylation sites (tertiary alicyclic amines) is 1. The van der Waals surface area contributed by atoms with E-state index < -0.39 is 5.82 Å². The predicted octanol–water partition coefficient (Wildman–Crippen LogP) is 2.76. The van der Waals surface area contributed by atoms with Crippen molar-refractivity contribution in [1.82, 2.24) is 20.4 Å². The molecule has 0 unspecified atom stereocenters. The van der Waals surface area contributed by atoms with Gasteiger partial charge in [0.25, 0.3) is 0 Å². The normalized spacial score (nSPS) is 18.2. The lowest BCUT2D eigenvalue weighted by molar-refractivity contribution is -0.121. The molecule has 25 heavy (non-hydrogen) atoms. The van der Waals surface area contributed by atoms with Crippen LogP contribution in [0.4, 0.5) is 4.39 Å². The standard InChI is InChI=1S/C18H23FN4O2/c1-23-11-5-4-6-13(23)9-10-16(24)20-12-17-21-18(22-25-17)14-7-2-3-8-15(14)19/h2-3,7-8,13H,4-6,9-12H2,1H3,(H,20,24)/t13-/m1/s1. The molecule has 0 bridgehead atoms. The zero-order valence-corrected chi connectivity index (χ0v) is 14.4. The van der Waals surface area contributed by atoms with Crippen LogP contribution in [0.5, 0.6) is 0 Å². The maximum absolute atomic E-state index is 13.7. The first-order valence-electron chi connectivity index (χ1n) is 8.68. The Labute approximate surface area is 146 Å². The van der Waals surface area contributed by atoms with Crippen LogP contribution in [0.1, 0.15) is 38.0 Å². The Morgan fingerprint density at radius 1 is 1.40 bits per heavy atom. The lowest BCUT2D eigenvalue weighted by Crippen LogP contribution is -2.37. The SMILES string of the molecule is CN1CCCC[C@@H]1CCC(=O)NCc1nc(-c2ccccc2F)no1. The van der Waals surface area contributed by atoms with Crippen LogP contribution >= 0.6 is 0 Å². The Kier molecular flexibility index (Phi) is 5.75. The van der Waals surface area contributed by atoms with Crippen LogP contribution in [0.25, 0.3) is 11.4 Å². The summed E-state index contributed by atoms with van der Waals surface area (Å²) in [5.41, 5.74) is 0.282. The van der Waals surface area contributed by atoms with Crippen molar-refractivity contribution in [3.05, 3.63) is 36.0 Å². The van der Waals surface area contributed by atoms with Crippen LogP contribution in [0.2, 0.25) is 0 Å². The fourth-order valence-electron chi connectivity index (χ4n) is 3.15. The van der Waals surface area contributed by atoms with Crippen molar-refractivity contribution in [3.63, 3.8) is 0 Å². The van der Waals surface area contributed by atoms with Gasteiger partial charge in [-0.1, -0.05) is 23.7 Å². The van der Waals surface area contributed by atoms with Gasteiger partial charge >= 0.3 is 0 Å². The predicted molar refractivity (Wildman–Crippen MR) is 91.0 cm³/mol. The number of carbonyl (C=O) groups is 1. The molecule has 1 saturated heterocycles. The number of amides is 1. The third-order valence-corrected chi connectivity index (χ3v) is 4.65. The summed E-state index contributed by atoms with van der Waals surface area (Å²) in [6.45, 7) is 1.26. The minimum Gasteiger partial charge on any atom is -0.347 e. The number of rotatable bonds is 6. The van der Waals surface area contributed by atoms with E-state index in [1.807, 2.05) is 0 Å². The summed E-state index contributed by atoms with van der Waals surface area (Å²) >= 11 is 0. The van der Waals surface area contributed by atoms with E-state index in [9.17, 15) is 9.18 Å². The van der Waals surface area contributed by atoms with Gasteiger partial charge in [0.1, 0.15) is 5.82 Å². The second-order valence-corrected chi connectivity index (χ2v) is 6.44. The monoisotopic (exact) mass is 346 g/mol. The highest BCUT2D eigenvalue weighted by Gasteiger charge is 2.19. The molecular formula is C18H23FN4O2.